The van der Waals surface area contributed by atoms with Crippen molar-refractivity contribution in [1.82, 2.24) is 4.98 Å². The van der Waals surface area contributed by atoms with Gasteiger partial charge >= 0.3 is 5.97 Å². The van der Waals surface area contributed by atoms with Crippen LogP contribution in [0.15, 0.2) is 65.6 Å². The van der Waals surface area contributed by atoms with E-state index in [1.165, 1.54) is 25.1 Å². The van der Waals surface area contributed by atoms with Gasteiger partial charge in [0, 0.05) is 6.07 Å². The number of hydrogen-bond acceptors (Lipinski definition) is 4. The van der Waals surface area contributed by atoms with E-state index in [9.17, 15) is 23.4 Å². The lowest BCUT2D eigenvalue weighted by atomic mass is 10.2. The SMILES string of the molecule is Cc1ccc(S(=O)(=O)N(c2[nH]c(-c3ccccc3)cc2O)[C@@H](C)C(=O)O)cc1. The molecule has 0 fully saturated rings. The molecule has 0 aliphatic rings. The number of aliphatic carboxylic acids is 1. The number of aromatic nitrogens is 1. The Morgan fingerprint density at radius 3 is 2.25 bits per heavy atom. The lowest BCUT2D eigenvalue weighted by molar-refractivity contribution is -0.137. The Morgan fingerprint density at radius 1 is 1.07 bits per heavy atom. The van der Waals surface area contributed by atoms with Gasteiger partial charge in [-0.05, 0) is 31.5 Å². The first-order chi connectivity index (χ1) is 13.2. The van der Waals surface area contributed by atoms with Gasteiger partial charge in [-0.25, -0.2) is 17.5 Å². The molecule has 2 aromatic carbocycles. The number of carboxylic acid groups (broad SMARTS) is 1. The Hall–Kier alpha value is -3.26. The maximum Gasteiger partial charge on any atom is 0.327 e. The van der Waals surface area contributed by atoms with Crippen LogP contribution >= 0.6 is 0 Å². The molecular formula is C20H20N2O5S. The topological polar surface area (TPSA) is 111 Å². The van der Waals surface area contributed by atoms with Gasteiger partial charge in [-0.1, -0.05) is 48.0 Å². The van der Waals surface area contributed by atoms with Gasteiger partial charge in [-0.2, -0.15) is 0 Å². The van der Waals surface area contributed by atoms with Crippen LogP contribution in [0.3, 0.4) is 0 Å². The minimum absolute atomic E-state index is 0.0681. The smallest absolute Gasteiger partial charge is 0.327 e. The van der Waals surface area contributed by atoms with Crippen LogP contribution in [0, 0.1) is 6.92 Å². The van der Waals surface area contributed by atoms with Crippen molar-refractivity contribution in [2.24, 2.45) is 0 Å². The number of aromatic amines is 1. The van der Waals surface area contributed by atoms with Gasteiger partial charge in [-0.3, -0.25) is 0 Å². The molecule has 0 unspecified atom stereocenters. The molecule has 3 N–H and O–H groups in total. The maximum absolute atomic E-state index is 13.2. The van der Waals surface area contributed by atoms with Crippen LogP contribution in [-0.4, -0.2) is 35.6 Å². The molecule has 28 heavy (non-hydrogen) atoms. The predicted octanol–water partition coefficient (Wildman–Crippen LogP) is 3.36. The number of sulfonamides is 1. The molecule has 1 aromatic heterocycles. The summed E-state index contributed by atoms with van der Waals surface area (Å²) in [5.41, 5.74) is 2.06. The number of H-pyrrole nitrogens is 1. The van der Waals surface area contributed by atoms with E-state index in [4.69, 9.17) is 0 Å². The summed E-state index contributed by atoms with van der Waals surface area (Å²) in [6, 6.07) is 15.0. The highest BCUT2D eigenvalue weighted by molar-refractivity contribution is 7.92. The van der Waals surface area contributed by atoms with Gasteiger partial charge in [0.05, 0.1) is 10.6 Å². The number of nitrogens with zero attached hydrogens (tertiary/aromatic N) is 1. The van der Waals surface area contributed by atoms with Crippen LogP contribution in [0.4, 0.5) is 5.82 Å². The number of aromatic hydroxyl groups is 1. The minimum Gasteiger partial charge on any atom is -0.504 e. The Kier molecular flexibility index (Phi) is 5.15. The molecule has 1 atom stereocenters. The van der Waals surface area contributed by atoms with E-state index < -0.39 is 22.0 Å². The molecule has 0 aliphatic heterocycles. The second-order valence-corrected chi connectivity index (χ2v) is 8.23. The van der Waals surface area contributed by atoms with E-state index in [-0.39, 0.29) is 16.5 Å². The number of nitrogens with one attached hydrogen (secondary N) is 1. The molecule has 0 aliphatic carbocycles. The number of aryl methyl sites for hydroxylation is 1. The van der Waals surface area contributed by atoms with Gasteiger partial charge in [0.2, 0.25) is 0 Å². The molecule has 0 saturated heterocycles. The second-order valence-electron chi connectivity index (χ2n) is 6.41. The highest BCUT2D eigenvalue weighted by Crippen LogP contribution is 2.36. The molecular weight excluding hydrogens is 380 g/mol. The highest BCUT2D eigenvalue weighted by atomic mass is 32.2. The molecule has 0 amide bonds. The van der Waals surface area contributed by atoms with Crippen molar-refractivity contribution in [3.8, 4) is 17.0 Å². The summed E-state index contributed by atoms with van der Waals surface area (Å²) in [5.74, 6) is -1.90. The number of anilines is 1. The predicted molar refractivity (Wildman–Crippen MR) is 106 cm³/mol. The van der Waals surface area contributed by atoms with E-state index in [0.717, 1.165) is 11.1 Å². The molecule has 0 radical (unpaired) electrons. The third kappa shape index (κ3) is 3.59. The van der Waals surface area contributed by atoms with Crippen LogP contribution in [0.2, 0.25) is 0 Å². The van der Waals surface area contributed by atoms with Crippen LogP contribution in [0.1, 0.15) is 12.5 Å². The summed E-state index contributed by atoms with van der Waals surface area (Å²) in [4.78, 5) is 14.4. The van der Waals surface area contributed by atoms with E-state index in [1.807, 2.05) is 13.0 Å². The first-order valence-corrected chi connectivity index (χ1v) is 9.97. The Bertz CT molecular complexity index is 1090. The quantitative estimate of drug-likeness (QED) is 0.588. The molecule has 1 heterocycles. The van der Waals surface area contributed by atoms with Crippen molar-refractivity contribution >= 4 is 21.8 Å². The van der Waals surface area contributed by atoms with E-state index in [0.29, 0.717) is 10.00 Å². The largest absolute Gasteiger partial charge is 0.504 e. The standard InChI is InChI=1S/C20H20N2O5S/c1-13-8-10-16(11-9-13)28(26,27)22(14(2)20(24)25)19-18(23)12-17(21-19)15-6-4-3-5-7-15/h3-12,14,21,23H,1-2H3,(H,24,25)/t14-/m0/s1. The average molecular weight is 400 g/mol. The van der Waals surface area contributed by atoms with Crippen LogP contribution in [0.5, 0.6) is 5.75 Å². The number of benzene rings is 2. The summed E-state index contributed by atoms with van der Waals surface area (Å²) < 4.78 is 27.1. The third-order valence-electron chi connectivity index (χ3n) is 4.37. The molecule has 3 rings (SSSR count). The molecule has 0 bridgehead atoms. The fourth-order valence-electron chi connectivity index (χ4n) is 2.82. The number of rotatable bonds is 6. The van der Waals surface area contributed by atoms with Gasteiger partial charge in [0.15, 0.2) is 11.6 Å². The number of carbonyl (C=O) groups is 1. The number of hydrogen-bond donors (Lipinski definition) is 3. The first kappa shape index (κ1) is 19.5. The zero-order valence-electron chi connectivity index (χ0n) is 15.3. The summed E-state index contributed by atoms with van der Waals surface area (Å²) >= 11 is 0. The van der Waals surface area contributed by atoms with Gasteiger partial charge in [0.25, 0.3) is 10.0 Å². The lowest BCUT2D eigenvalue weighted by Gasteiger charge is -2.27. The minimum atomic E-state index is -4.25. The molecule has 8 heteroatoms. The zero-order chi connectivity index (χ0) is 20.5. The Balaban J connectivity index is 2.15. The molecule has 146 valence electrons. The van der Waals surface area contributed by atoms with Crippen LogP contribution in [-0.2, 0) is 14.8 Å². The summed E-state index contributed by atoms with van der Waals surface area (Å²) in [6.07, 6.45) is 0. The summed E-state index contributed by atoms with van der Waals surface area (Å²) in [6.45, 7) is 3.06. The van der Waals surface area contributed by atoms with Crippen LogP contribution < -0.4 is 4.31 Å². The second kappa shape index (κ2) is 7.40. The molecule has 7 nitrogen and oxygen atoms in total. The fraction of sp³-hybridized carbons (Fsp3) is 0.150. The van der Waals surface area contributed by atoms with Gasteiger partial charge < -0.3 is 15.2 Å². The van der Waals surface area contributed by atoms with Gasteiger partial charge in [-0.15, -0.1) is 0 Å². The molecule has 3 aromatic rings. The fourth-order valence-corrected chi connectivity index (χ4v) is 4.41. The highest BCUT2D eigenvalue weighted by Gasteiger charge is 2.36. The van der Waals surface area contributed by atoms with Gasteiger partial charge in [0.1, 0.15) is 6.04 Å². The Morgan fingerprint density at radius 2 is 1.68 bits per heavy atom. The normalized spacial score (nSPS) is 12.5. The van der Waals surface area contributed by atoms with Crippen LogP contribution in [0.25, 0.3) is 11.3 Å². The van der Waals surface area contributed by atoms with E-state index in [2.05, 4.69) is 4.98 Å². The average Bonchev–Trinajstić information content (AvgIpc) is 3.04. The monoisotopic (exact) mass is 400 g/mol. The van der Waals surface area contributed by atoms with Crippen molar-refractivity contribution < 1.29 is 23.4 Å². The van der Waals surface area contributed by atoms with Crippen molar-refractivity contribution in [1.29, 1.82) is 0 Å². The first-order valence-electron chi connectivity index (χ1n) is 8.53. The number of carboxylic acids is 1. The van der Waals surface area contributed by atoms with Crippen molar-refractivity contribution in [2.45, 2.75) is 24.8 Å². The Labute approximate surface area is 162 Å². The molecule has 0 spiro atoms. The van der Waals surface area contributed by atoms with Crippen molar-refractivity contribution in [3.05, 3.63) is 66.2 Å². The van der Waals surface area contributed by atoms with Crippen molar-refractivity contribution in [3.63, 3.8) is 0 Å². The summed E-state index contributed by atoms with van der Waals surface area (Å²) in [7, 11) is -4.25. The zero-order valence-corrected chi connectivity index (χ0v) is 16.1. The maximum atomic E-state index is 13.2. The third-order valence-corrected chi connectivity index (χ3v) is 6.25. The molecule has 0 saturated carbocycles. The van der Waals surface area contributed by atoms with E-state index in [1.54, 1.807) is 36.4 Å². The summed E-state index contributed by atoms with van der Waals surface area (Å²) in [5, 5.41) is 19.9. The van der Waals surface area contributed by atoms with E-state index >= 15 is 0 Å². The lowest BCUT2D eigenvalue weighted by Crippen LogP contribution is -2.43. The van der Waals surface area contributed by atoms with Crippen molar-refractivity contribution in [2.75, 3.05) is 4.31 Å².